The predicted octanol–water partition coefficient (Wildman–Crippen LogP) is 2.93. The quantitative estimate of drug-likeness (QED) is 0.290. The summed E-state index contributed by atoms with van der Waals surface area (Å²) in [5, 5.41) is 11.0. The summed E-state index contributed by atoms with van der Waals surface area (Å²) in [4.78, 5) is 53.2. The zero-order valence-corrected chi connectivity index (χ0v) is 21.6. The highest BCUT2D eigenvalue weighted by Gasteiger charge is 2.29. The van der Waals surface area contributed by atoms with Crippen LogP contribution in [0.25, 0.3) is 10.9 Å². The number of Topliss-reactive ketones (excluding diaryl/α,β-unsaturated/α-hetero) is 1. The summed E-state index contributed by atoms with van der Waals surface area (Å²) < 4.78 is 19.3. The van der Waals surface area contributed by atoms with E-state index in [9.17, 15) is 28.7 Å². The van der Waals surface area contributed by atoms with Gasteiger partial charge in [0.25, 0.3) is 17.6 Å². The number of likely N-dealkylation sites (N-methyl/N-ethyl adjacent to an activating group) is 1. The Balaban J connectivity index is 1.51. The van der Waals surface area contributed by atoms with Crippen LogP contribution in [0.3, 0.4) is 0 Å². The van der Waals surface area contributed by atoms with Crippen molar-refractivity contribution in [2.75, 3.05) is 33.8 Å². The van der Waals surface area contributed by atoms with Crippen LogP contribution >= 0.6 is 0 Å². The second-order valence-corrected chi connectivity index (χ2v) is 9.67. The zero-order chi connectivity index (χ0) is 27.6. The molecule has 200 valence electrons. The third-order valence-corrected chi connectivity index (χ3v) is 7.06. The van der Waals surface area contributed by atoms with E-state index in [4.69, 9.17) is 0 Å². The smallest absolute Gasteiger partial charge is 0.325 e. The van der Waals surface area contributed by atoms with E-state index in [1.165, 1.54) is 44.6 Å². The number of aryl methyl sites for hydroxylation is 1. The van der Waals surface area contributed by atoms with Crippen molar-refractivity contribution in [1.29, 1.82) is 0 Å². The SMILES string of the molecule is COC(=O)CN(C)C(=O)C(=O)c1cn(C)c2cc(O)c(C(=O)N3CCC(Cc4ccc(F)cc4)CC3)cc12. The summed E-state index contributed by atoms with van der Waals surface area (Å²) in [6.45, 7) is 0.618. The van der Waals surface area contributed by atoms with Gasteiger partial charge in [0.2, 0.25) is 0 Å². The number of nitrogens with zero attached hydrogens (tertiary/aromatic N) is 3. The van der Waals surface area contributed by atoms with Crippen molar-refractivity contribution in [3.63, 3.8) is 0 Å². The highest BCUT2D eigenvalue weighted by Crippen LogP contribution is 2.31. The zero-order valence-electron chi connectivity index (χ0n) is 21.6. The van der Waals surface area contributed by atoms with E-state index in [1.54, 1.807) is 28.6 Å². The van der Waals surface area contributed by atoms with Crippen molar-refractivity contribution in [3.05, 3.63) is 65.1 Å². The number of piperidine rings is 1. The fourth-order valence-electron chi connectivity index (χ4n) is 4.85. The van der Waals surface area contributed by atoms with Gasteiger partial charge in [0.05, 0.1) is 23.8 Å². The number of halogens is 1. The maximum absolute atomic E-state index is 13.4. The predicted molar refractivity (Wildman–Crippen MR) is 137 cm³/mol. The van der Waals surface area contributed by atoms with Gasteiger partial charge in [-0.1, -0.05) is 12.1 Å². The maximum atomic E-state index is 13.4. The molecule has 0 radical (unpaired) electrons. The molecule has 2 heterocycles. The molecule has 1 aliphatic rings. The number of aromatic hydroxyl groups is 1. The van der Waals surface area contributed by atoms with Gasteiger partial charge in [-0.25, -0.2) is 4.39 Å². The van der Waals surface area contributed by atoms with E-state index in [0.717, 1.165) is 29.7 Å². The molecule has 0 bridgehead atoms. The Bertz CT molecular complexity index is 1390. The Morgan fingerprint density at radius 3 is 2.37 bits per heavy atom. The molecule has 9 nitrogen and oxygen atoms in total. The van der Waals surface area contributed by atoms with E-state index in [2.05, 4.69) is 4.74 Å². The number of phenolic OH excluding ortho intramolecular Hbond substituents is 1. The third-order valence-electron chi connectivity index (χ3n) is 7.06. The normalized spacial score (nSPS) is 13.9. The number of phenols is 1. The number of carbonyl (C=O) groups excluding carboxylic acids is 4. The minimum Gasteiger partial charge on any atom is -0.507 e. The molecule has 0 saturated carbocycles. The van der Waals surface area contributed by atoms with E-state index < -0.39 is 17.7 Å². The first-order valence-electron chi connectivity index (χ1n) is 12.3. The van der Waals surface area contributed by atoms with Crippen molar-refractivity contribution in [2.24, 2.45) is 13.0 Å². The lowest BCUT2D eigenvalue weighted by Gasteiger charge is -2.32. The molecule has 0 spiro atoms. The van der Waals surface area contributed by atoms with Crippen molar-refractivity contribution in [1.82, 2.24) is 14.4 Å². The van der Waals surface area contributed by atoms with Crippen LogP contribution in [0.1, 0.15) is 39.1 Å². The average Bonchev–Trinajstić information content (AvgIpc) is 3.23. The number of benzene rings is 2. The lowest BCUT2D eigenvalue weighted by atomic mass is 9.90. The van der Waals surface area contributed by atoms with E-state index in [1.807, 2.05) is 0 Å². The lowest BCUT2D eigenvalue weighted by Crippen LogP contribution is -2.39. The first-order chi connectivity index (χ1) is 18.1. The minimum absolute atomic E-state index is 0.0464. The number of ketones is 1. The van der Waals surface area contributed by atoms with Gasteiger partial charge < -0.3 is 24.2 Å². The Morgan fingerprint density at radius 1 is 1.08 bits per heavy atom. The number of esters is 1. The summed E-state index contributed by atoms with van der Waals surface area (Å²) in [5.41, 5.74) is 1.64. The van der Waals surface area contributed by atoms with Gasteiger partial charge in [-0.15, -0.1) is 0 Å². The average molecular weight is 524 g/mol. The van der Waals surface area contributed by atoms with Gasteiger partial charge in [0, 0.05) is 44.8 Å². The summed E-state index contributed by atoms with van der Waals surface area (Å²) in [6, 6.07) is 9.29. The van der Waals surface area contributed by atoms with Gasteiger partial charge in [-0.05, 0) is 48.9 Å². The minimum atomic E-state index is -0.896. The first kappa shape index (κ1) is 26.8. The van der Waals surface area contributed by atoms with E-state index >= 15 is 0 Å². The number of hydrogen-bond acceptors (Lipinski definition) is 6. The summed E-state index contributed by atoms with van der Waals surface area (Å²) in [5.74, 6) is -2.89. The fourth-order valence-corrected chi connectivity index (χ4v) is 4.85. The summed E-state index contributed by atoms with van der Waals surface area (Å²) >= 11 is 0. The molecule has 0 aliphatic carbocycles. The number of aromatic nitrogens is 1. The molecule has 10 heteroatoms. The van der Waals surface area contributed by atoms with Gasteiger partial charge >= 0.3 is 5.97 Å². The highest BCUT2D eigenvalue weighted by molar-refractivity contribution is 6.45. The van der Waals surface area contributed by atoms with Crippen LogP contribution in [0.2, 0.25) is 0 Å². The molecular weight excluding hydrogens is 493 g/mol. The molecule has 0 atom stereocenters. The Kier molecular flexibility index (Phi) is 7.80. The molecular formula is C28H30FN3O6. The Labute approximate surface area is 219 Å². The van der Waals surface area contributed by atoms with Crippen LogP contribution in [-0.4, -0.2) is 76.8 Å². The second-order valence-electron chi connectivity index (χ2n) is 9.67. The Hall–Kier alpha value is -4.21. The number of ether oxygens (including phenoxy) is 1. The van der Waals surface area contributed by atoms with Crippen molar-refractivity contribution in [3.8, 4) is 5.75 Å². The summed E-state index contributed by atoms with van der Waals surface area (Å²) in [7, 11) is 4.17. The topological polar surface area (TPSA) is 109 Å². The second kappa shape index (κ2) is 11.0. The number of methoxy groups -OCH3 is 1. The molecule has 1 N–H and O–H groups in total. The number of amides is 2. The molecule has 1 fully saturated rings. The Morgan fingerprint density at radius 2 is 1.74 bits per heavy atom. The maximum Gasteiger partial charge on any atom is 0.325 e. The van der Waals surface area contributed by atoms with Gasteiger partial charge in [0.1, 0.15) is 18.1 Å². The van der Waals surface area contributed by atoms with Crippen LogP contribution < -0.4 is 0 Å². The van der Waals surface area contributed by atoms with Crippen LogP contribution in [0.15, 0.2) is 42.6 Å². The number of likely N-dealkylation sites (tertiary alicyclic amines) is 1. The highest BCUT2D eigenvalue weighted by atomic mass is 19.1. The van der Waals surface area contributed by atoms with Crippen molar-refractivity contribution < 1.29 is 33.4 Å². The van der Waals surface area contributed by atoms with Crippen LogP contribution in [0.4, 0.5) is 4.39 Å². The molecule has 4 rings (SSSR count). The van der Waals surface area contributed by atoms with Crippen LogP contribution in [-0.2, 0) is 27.8 Å². The van der Waals surface area contributed by atoms with Gasteiger partial charge in [0.15, 0.2) is 0 Å². The van der Waals surface area contributed by atoms with Crippen molar-refractivity contribution >= 4 is 34.5 Å². The molecule has 3 aromatic rings. The van der Waals surface area contributed by atoms with Crippen LogP contribution in [0, 0.1) is 11.7 Å². The largest absolute Gasteiger partial charge is 0.507 e. The number of rotatable bonds is 7. The lowest BCUT2D eigenvalue weighted by molar-refractivity contribution is -0.144. The monoisotopic (exact) mass is 523 g/mol. The van der Waals surface area contributed by atoms with Crippen LogP contribution in [0.5, 0.6) is 5.75 Å². The van der Waals surface area contributed by atoms with E-state index in [0.29, 0.717) is 29.9 Å². The molecule has 2 aromatic carbocycles. The molecule has 1 aromatic heterocycles. The molecule has 38 heavy (non-hydrogen) atoms. The third kappa shape index (κ3) is 5.53. The molecule has 1 saturated heterocycles. The molecule has 2 amide bonds. The number of fused-ring (bicyclic) bond motifs is 1. The molecule has 1 aliphatic heterocycles. The fraction of sp³-hybridized carbons (Fsp3) is 0.357. The van der Waals surface area contributed by atoms with E-state index in [-0.39, 0.29) is 35.1 Å². The number of hydrogen-bond donors (Lipinski definition) is 1. The summed E-state index contributed by atoms with van der Waals surface area (Å²) in [6.07, 6.45) is 3.80. The van der Waals surface area contributed by atoms with Gasteiger partial charge in [-0.2, -0.15) is 0 Å². The number of carbonyl (C=O) groups is 4. The standard InChI is InChI=1S/C28H30FN3O6/c1-30-15-22(26(35)28(37)31(2)16-25(34)38-3)20-13-21(24(33)14-23(20)30)27(36)32-10-8-18(9-11-32)12-17-4-6-19(29)7-5-17/h4-7,13-15,18,33H,8-12,16H2,1-3H3. The molecule has 0 unspecified atom stereocenters. The first-order valence-corrected chi connectivity index (χ1v) is 12.3. The van der Waals surface area contributed by atoms with Gasteiger partial charge in [-0.3, -0.25) is 19.2 Å². The van der Waals surface area contributed by atoms with Crippen molar-refractivity contribution in [2.45, 2.75) is 19.3 Å².